The van der Waals surface area contributed by atoms with E-state index >= 15 is 0 Å². The lowest BCUT2D eigenvalue weighted by molar-refractivity contribution is 0.675. The van der Waals surface area contributed by atoms with E-state index in [0.29, 0.717) is 11.2 Å². The van der Waals surface area contributed by atoms with E-state index in [4.69, 9.17) is 0 Å². The van der Waals surface area contributed by atoms with Crippen LogP contribution in [0.5, 0.6) is 0 Å². The van der Waals surface area contributed by atoms with Crippen molar-refractivity contribution >= 4 is 11.2 Å². The zero-order chi connectivity index (χ0) is 13.3. The quantitative estimate of drug-likeness (QED) is 0.811. The molecule has 6 heteroatoms. The predicted octanol–water partition coefficient (Wildman–Crippen LogP) is 0.693. The van der Waals surface area contributed by atoms with Gasteiger partial charge in [-0.3, -0.25) is 14.3 Å². The third-order valence-corrected chi connectivity index (χ3v) is 3.23. The largest absolute Gasteiger partial charge is 0.329 e. The molecule has 0 fully saturated rings. The molecular formula is C12H18N4O2. The second-order valence-electron chi connectivity index (χ2n) is 4.53. The number of rotatable bonds is 4. The SMILES string of the molecule is CCCCCc1nc2c(c(=O)[nH]c(=O)n2C)n1C. The summed E-state index contributed by atoms with van der Waals surface area (Å²) in [6.45, 7) is 2.14. The predicted molar refractivity (Wildman–Crippen MR) is 69.8 cm³/mol. The molecule has 18 heavy (non-hydrogen) atoms. The summed E-state index contributed by atoms with van der Waals surface area (Å²) >= 11 is 0. The van der Waals surface area contributed by atoms with E-state index in [1.165, 1.54) is 4.57 Å². The average molecular weight is 250 g/mol. The van der Waals surface area contributed by atoms with Crippen LogP contribution in [0.2, 0.25) is 0 Å². The van der Waals surface area contributed by atoms with Crippen molar-refractivity contribution in [3.05, 3.63) is 26.7 Å². The molecule has 2 aromatic heterocycles. The molecule has 2 rings (SSSR count). The first kappa shape index (κ1) is 12.6. The molecule has 0 aliphatic rings. The second-order valence-corrected chi connectivity index (χ2v) is 4.53. The van der Waals surface area contributed by atoms with Crippen molar-refractivity contribution < 1.29 is 0 Å². The van der Waals surface area contributed by atoms with E-state index in [-0.39, 0.29) is 5.56 Å². The van der Waals surface area contributed by atoms with Crippen molar-refractivity contribution in [3.8, 4) is 0 Å². The van der Waals surface area contributed by atoms with Gasteiger partial charge < -0.3 is 4.57 Å². The molecule has 0 atom stereocenters. The van der Waals surface area contributed by atoms with Gasteiger partial charge in [0, 0.05) is 20.5 Å². The lowest BCUT2D eigenvalue weighted by Crippen LogP contribution is -2.29. The molecule has 0 amide bonds. The molecule has 0 aliphatic carbocycles. The fraction of sp³-hybridized carbons (Fsp3) is 0.583. The Morgan fingerprint density at radius 2 is 1.89 bits per heavy atom. The number of aromatic nitrogens is 4. The molecule has 0 unspecified atom stereocenters. The minimum atomic E-state index is -0.425. The number of aryl methyl sites for hydroxylation is 3. The zero-order valence-electron chi connectivity index (χ0n) is 11.0. The number of fused-ring (bicyclic) bond motifs is 1. The fourth-order valence-corrected chi connectivity index (χ4v) is 2.11. The summed E-state index contributed by atoms with van der Waals surface area (Å²) in [5.41, 5.74) is 0.122. The van der Waals surface area contributed by atoms with Gasteiger partial charge in [0.15, 0.2) is 11.2 Å². The number of hydrogen-bond acceptors (Lipinski definition) is 3. The van der Waals surface area contributed by atoms with E-state index < -0.39 is 5.69 Å². The van der Waals surface area contributed by atoms with Gasteiger partial charge in [-0.25, -0.2) is 9.78 Å². The Balaban J connectivity index is 2.56. The third-order valence-electron chi connectivity index (χ3n) is 3.23. The van der Waals surface area contributed by atoms with E-state index in [9.17, 15) is 9.59 Å². The second kappa shape index (κ2) is 4.80. The molecule has 0 aromatic carbocycles. The Morgan fingerprint density at radius 3 is 2.56 bits per heavy atom. The van der Waals surface area contributed by atoms with E-state index in [1.54, 1.807) is 11.6 Å². The van der Waals surface area contributed by atoms with Crippen molar-refractivity contribution in [3.63, 3.8) is 0 Å². The summed E-state index contributed by atoms with van der Waals surface area (Å²) in [4.78, 5) is 30.0. The Hall–Kier alpha value is -1.85. The van der Waals surface area contributed by atoms with Gasteiger partial charge in [-0.1, -0.05) is 19.8 Å². The summed E-state index contributed by atoms with van der Waals surface area (Å²) < 4.78 is 3.16. The first-order valence-electron chi connectivity index (χ1n) is 6.20. The van der Waals surface area contributed by atoms with E-state index in [1.807, 2.05) is 7.05 Å². The zero-order valence-corrected chi connectivity index (χ0v) is 11.0. The highest BCUT2D eigenvalue weighted by Gasteiger charge is 2.14. The van der Waals surface area contributed by atoms with Crippen LogP contribution in [0, 0.1) is 0 Å². The summed E-state index contributed by atoms with van der Waals surface area (Å²) in [5, 5.41) is 0. The molecule has 6 nitrogen and oxygen atoms in total. The van der Waals surface area contributed by atoms with Gasteiger partial charge in [0.2, 0.25) is 0 Å². The van der Waals surface area contributed by atoms with Gasteiger partial charge in [-0.2, -0.15) is 0 Å². The van der Waals surface area contributed by atoms with Gasteiger partial charge in [-0.15, -0.1) is 0 Å². The number of nitrogens with one attached hydrogen (secondary N) is 1. The van der Waals surface area contributed by atoms with Crippen molar-refractivity contribution in [1.29, 1.82) is 0 Å². The van der Waals surface area contributed by atoms with Gasteiger partial charge in [0.1, 0.15) is 5.82 Å². The topological polar surface area (TPSA) is 72.7 Å². The summed E-state index contributed by atoms with van der Waals surface area (Å²) in [6.07, 6.45) is 4.15. The number of unbranched alkanes of at least 4 members (excludes halogenated alkanes) is 2. The molecule has 0 aliphatic heterocycles. The molecular weight excluding hydrogens is 232 g/mol. The lowest BCUT2D eigenvalue weighted by Gasteiger charge is -2.00. The smallest absolute Gasteiger partial charge is 0.325 e. The highest BCUT2D eigenvalue weighted by Crippen LogP contribution is 2.11. The first-order valence-corrected chi connectivity index (χ1v) is 6.20. The van der Waals surface area contributed by atoms with Crippen LogP contribution >= 0.6 is 0 Å². The maximum atomic E-state index is 11.8. The molecule has 0 saturated heterocycles. The van der Waals surface area contributed by atoms with Crippen LogP contribution in [0.15, 0.2) is 9.59 Å². The average Bonchev–Trinajstić information content (AvgIpc) is 2.65. The van der Waals surface area contributed by atoms with Crippen LogP contribution in [-0.2, 0) is 20.5 Å². The number of nitrogens with zero attached hydrogens (tertiary/aromatic N) is 3. The highest BCUT2D eigenvalue weighted by molar-refractivity contribution is 5.70. The van der Waals surface area contributed by atoms with Crippen LogP contribution in [0.3, 0.4) is 0 Å². The molecule has 0 bridgehead atoms. The molecule has 1 N–H and O–H groups in total. The van der Waals surface area contributed by atoms with Crippen molar-refractivity contribution in [1.82, 2.24) is 19.1 Å². The fourth-order valence-electron chi connectivity index (χ4n) is 2.11. The Kier molecular flexibility index (Phi) is 3.36. The van der Waals surface area contributed by atoms with Crippen molar-refractivity contribution in [2.45, 2.75) is 32.6 Å². The lowest BCUT2D eigenvalue weighted by atomic mass is 10.2. The molecule has 0 saturated carbocycles. The van der Waals surface area contributed by atoms with Gasteiger partial charge in [-0.05, 0) is 6.42 Å². The number of H-pyrrole nitrogens is 1. The molecule has 0 spiro atoms. The minimum absolute atomic E-state index is 0.371. The Bertz CT molecular complexity index is 678. The maximum absolute atomic E-state index is 11.8. The van der Waals surface area contributed by atoms with Crippen molar-refractivity contribution in [2.24, 2.45) is 14.1 Å². The first-order chi connectivity index (χ1) is 8.56. The molecule has 2 aromatic rings. The third kappa shape index (κ3) is 1.98. The van der Waals surface area contributed by atoms with Crippen LogP contribution in [-0.4, -0.2) is 19.1 Å². The van der Waals surface area contributed by atoms with Gasteiger partial charge in [0.25, 0.3) is 5.56 Å². The standard InChI is InChI=1S/C12H18N4O2/c1-4-5-6-7-8-13-10-9(15(8)2)11(17)14-12(18)16(10)3/h4-7H2,1-3H3,(H,14,17,18). The monoisotopic (exact) mass is 250 g/mol. The van der Waals surface area contributed by atoms with Gasteiger partial charge >= 0.3 is 5.69 Å². The van der Waals surface area contributed by atoms with E-state index in [2.05, 4.69) is 16.9 Å². The van der Waals surface area contributed by atoms with Crippen LogP contribution in [0.25, 0.3) is 11.2 Å². The molecule has 0 radical (unpaired) electrons. The molecule has 2 heterocycles. The van der Waals surface area contributed by atoms with E-state index in [0.717, 1.165) is 31.5 Å². The summed E-state index contributed by atoms with van der Waals surface area (Å²) in [6, 6.07) is 0. The maximum Gasteiger partial charge on any atom is 0.329 e. The number of aromatic amines is 1. The normalized spacial score (nSPS) is 11.3. The van der Waals surface area contributed by atoms with Gasteiger partial charge in [0.05, 0.1) is 0 Å². The van der Waals surface area contributed by atoms with Crippen LogP contribution < -0.4 is 11.2 Å². The minimum Gasteiger partial charge on any atom is -0.325 e. The highest BCUT2D eigenvalue weighted by atomic mass is 16.2. The number of hydrogen-bond donors (Lipinski definition) is 1. The summed E-state index contributed by atoms with van der Waals surface area (Å²) in [5.74, 6) is 0.852. The Labute approximate surface area is 104 Å². The summed E-state index contributed by atoms with van der Waals surface area (Å²) in [7, 11) is 3.43. The Morgan fingerprint density at radius 1 is 1.17 bits per heavy atom. The van der Waals surface area contributed by atoms with Crippen molar-refractivity contribution in [2.75, 3.05) is 0 Å². The van der Waals surface area contributed by atoms with Crippen LogP contribution in [0.4, 0.5) is 0 Å². The van der Waals surface area contributed by atoms with Crippen LogP contribution in [0.1, 0.15) is 32.0 Å². The number of imidazole rings is 1. The molecule has 98 valence electrons.